The first-order valence-corrected chi connectivity index (χ1v) is 11.1. The Morgan fingerprint density at radius 1 is 0.971 bits per heavy atom. The molecule has 4 rings (SSSR count). The maximum Gasteiger partial charge on any atom is 0.300 e. The van der Waals surface area contributed by atoms with Crippen molar-refractivity contribution in [3.8, 4) is 11.5 Å². The molecule has 0 saturated carbocycles. The van der Waals surface area contributed by atoms with Crippen molar-refractivity contribution in [1.29, 1.82) is 0 Å². The number of Topliss-reactive ketones (excluding diaryl/α,β-unsaturated/α-hetero) is 1. The lowest BCUT2D eigenvalue weighted by Gasteiger charge is -2.26. The van der Waals surface area contributed by atoms with Crippen LogP contribution in [0.5, 0.6) is 11.5 Å². The number of aryl methyl sites for hydroxylation is 1. The van der Waals surface area contributed by atoms with Gasteiger partial charge in [0.2, 0.25) is 0 Å². The molecule has 1 atom stereocenters. The second-order valence-corrected chi connectivity index (χ2v) is 8.69. The maximum absolute atomic E-state index is 13.3. The molecule has 6 nitrogen and oxygen atoms in total. The molecule has 1 unspecified atom stereocenters. The normalized spacial score (nSPS) is 17.4. The third-order valence-corrected chi connectivity index (χ3v) is 6.18. The quantitative estimate of drug-likeness (QED) is 0.302. The van der Waals surface area contributed by atoms with Crippen LogP contribution in [0, 0.1) is 6.92 Å². The molecule has 0 aliphatic carbocycles. The number of carbonyl (C=O) groups is 2. The lowest BCUT2D eigenvalue weighted by molar-refractivity contribution is -0.132. The van der Waals surface area contributed by atoms with Crippen molar-refractivity contribution in [1.82, 2.24) is 0 Å². The molecule has 0 aromatic heterocycles. The highest BCUT2D eigenvalue weighted by molar-refractivity contribution is 6.51. The number of rotatable bonds is 5. The summed E-state index contributed by atoms with van der Waals surface area (Å²) in [6.07, 6.45) is 0. The number of benzene rings is 3. The number of amides is 1. The van der Waals surface area contributed by atoms with Gasteiger partial charge in [0.15, 0.2) is 0 Å². The van der Waals surface area contributed by atoms with Gasteiger partial charge in [0.25, 0.3) is 11.7 Å². The topological polar surface area (TPSA) is 87.1 Å². The van der Waals surface area contributed by atoms with Gasteiger partial charge in [-0.05, 0) is 72.0 Å². The second kappa shape index (κ2) is 9.06. The minimum atomic E-state index is -0.855. The van der Waals surface area contributed by atoms with Crippen LogP contribution in [0.2, 0.25) is 0 Å². The van der Waals surface area contributed by atoms with Crippen molar-refractivity contribution < 1.29 is 24.5 Å². The van der Waals surface area contributed by atoms with Crippen LogP contribution in [0.25, 0.3) is 5.76 Å². The number of aliphatic hydroxyl groups is 1. The lowest BCUT2D eigenvalue weighted by atomic mass is 9.93. The largest absolute Gasteiger partial charge is 0.508 e. The highest BCUT2D eigenvalue weighted by atomic mass is 16.5. The first-order chi connectivity index (χ1) is 16.2. The minimum absolute atomic E-state index is 0.00288. The summed E-state index contributed by atoms with van der Waals surface area (Å²) in [5.74, 6) is -0.738. The molecule has 0 bridgehead atoms. The minimum Gasteiger partial charge on any atom is -0.508 e. The molecule has 3 aromatic carbocycles. The molecule has 1 saturated heterocycles. The van der Waals surface area contributed by atoms with E-state index in [2.05, 4.69) is 13.8 Å². The molecule has 34 heavy (non-hydrogen) atoms. The van der Waals surface area contributed by atoms with Crippen LogP contribution in [0.15, 0.2) is 72.3 Å². The number of ether oxygens (including phenoxy) is 1. The van der Waals surface area contributed by atoms with Gasteiger partial charge in [-0.25, -0.2) is 0 Å². The van der Waals surface area contributed by atoms with Crippen molar-refractivity contribution in [2.45, 2.75) is 32.7 Å². The number of anilines is 1. The molecule has 1 amide bonds. The van der Waals surface area contributed by atoms with E-state index in [0.29, 0.717) is 34.0 Å². The van der Waals surface area contributed by atoms with Crippen LogP contribution in [-0.2, 0) is 9.59 Å². The summed E-state index contributed by atoms with van der Waals surface area (Å²) in [5, 5.41) is 21.1. The van der Waals surface area contributed by atoms with Crippen molar-refractivity contribution >= 4 is 23.1 Å². The summed E-state index contributed by atoms with van der Waals surface area (Å²) >= 11 is 0. The molecule has 3 aromatic rings. The summed E-state index contributed by atoms with van der Waals surface area (Å²) in [5.41, 5.74) is 3.39. The molecular weight excluding hydrogens is 430 g/mol. The third-order valence-electron chi connectivity index (χ3n) is 6.18. The van der Waals surface area contributed by atoms with Crippen molar-refractivity contribution in [2.24, 2.45) is 0 Å². The van der Waals surface area contributed by atoms with E-state index in [1.807, 2.05) is 24.3 Å². The van der Waals surface area contributed by atoms with Gasteiger partial charge in [0, 0.05) is 11.3 Å². The summed E-state index contributed by atoms with van der Waals surface area (Å²) in [4.78, 5) is 28.0. The number of nitrogens with zero attached hydrogens (tertiary/aromatic N) is 1. The van der Waals surface area contributed by atoms with Crippen LogP contribution in [0.1, 0.15) is 48.1 Å². The monoisotopic (exact) mass is 457 g/mol. The number of aliphatic hydroxyl groups excluding tert-OH is 1. The zero-order valence-electron chi connectivity index (χ0n) is 19.6. The van der Waals surface area contributed by atoms with Crippen molar-refractivity contribution in [2.75, 3.05) is 12.0 Å². The van der Waals surface area contributed by atoms with Gasteiger partial charge in [0.1, 0.15) is 17.3 Å². The van der Waals surface area contributed by atoms with Crippen molar-refractivity contribution in [3.05, 3.63) is 94.6 Å². The van der Waals surface area contributed by atoms with E-state index >= 15 is 0 Å². The van der Waals surface area contributed by atoms with E-state index in [4.69, 9.17) is 4.74 Å². The molecule has 1 aliphatic rings. The van der Waals surface area contributed by atoms with Gasteiger partial charge in [-0.2, -0.15) is 0 Å². The zero-order chi connectivity index (χ0) is 24.6. The predicted molar refractivity (Wildman–Crippen MR) is 131 cm³/mol. The highest BCUT2D eigenvalue weighted by Crippen LogP contribution is 2.43. The van der Waals surface area contributed by atoms with Gasteiger partial charge >= 0.3 is 0 Å². The SMILES string of the molecule is COc1ccc(/C(O)=C2/C(=O)C(=O)N(c3ccc(C(C)C)cc3)C2c2ccc(O)cc2)c(C)c1. The Kier molecular flexibility index (Phi) is 6.16. The molecule has 174 valence electrons. The summed E-state index contributed by atoms with van der Waals surface area (Å²) < 4.78 is 5.25. The number of methoxy groups -OCH3 is 1. The number of hydrogen-bond acceptors (Lipinski definition) is 5. The summed E-state index contributed by atoms with van der Waals surface area (Å²) in [6, 6.07) is 18.0. The lowest BCUT2D eigenvalue weighted by Crippen LogP contribution is -2.29. The highest BCUT2D eigenvalue weighted by Gasteiger charge is 2.47. The summed E-state index contributed by atoms with van der Waals surface area (Å²) in [7, 11) is 1.55. The summed E-state index contributed by atoms with van der Waals surface area (Å²) in [6.45, 7) is 5.96. The first kappa shape index (κ1) is 23.1. The van der Waals surface area contributed by atoms with Crippen molar-refractivity contribution in [3.63, 3.8) is 0 Å². The van der Waals surface area contributed by atoms with E-state index in [1.165, 1.54) is 17.0 Å². The number of aromatic hydroxyl groups is 1. The maximum atomic E-state index is 13.3. The molecule has 6 heteroatoms. The molecule has 0 radical (unpaired) electrons. The Balaban J connectivity index is 1.91. The third kappa shape index (κ3) is 4.03. The van der Waals surface area contributed by atoms with E-state index in [0.717, 1.165) is 5.56 Å². The first-order valence-electron chi connectivity index (χ1n) is 11.1. The Labute approximate surface area is 198 Å². The van der Waals surface area contributed by atoms with Gasteiger partial charge in [-0.3, -0.25) is 14.5 Å². The number of phenols is 1. The molecule has 1 fully saturated rings. The van der Waals surface area contributed by atoms with Gasteiger partial charge in [0.05, 0.1) is 18.7 Å². The van der Waals surface area contributed by atoms with E-state index in [1.54, 1.807) is 44.4 Å². The van der Waals surface area contributed by atoms with Gasteiger partial charge in [-0.15, -0.1) is 0 Å². The average Bonchev–Trinajstić information content (AvgIpc) is 3.09. The Hall–Kier alpha value is -4.06. The number of carbonyl (C=O) groups excluding carboxylic acids is 2. The molecule has 1 heterocycles. The fraction of sp³-hybridized carbons (Fsp3) is 0.214. The number of hydrogen-bond donors (Lipinski definition) is 2. The van der Waals surface area contributed by atoms with E-state index in [-0.39, 0.29) is 17.1 Å². The van der Waals surface area contributed by atoms with Crippen LogP contribution >= 0.6 is 0 Å². The number of phenolic OH excluding ortho intramolecular Hbond substituents is 1. The van der Waals surface area contributed by atoms with E-state index in [9.17, 15) is 19.8 Å². The van der Waals surface area contributed by atoms with Crippen LogP contribution in [0.3, 0.4) is 0 Å². The fourth-order valence-corrected chi connectivity index (χ4v) is 4.26. The van der Waals surface area contributed by atoms with Gasteiger partial charge in [-0.1, -0.05) is 38.1 Å². The van der Waals surface area contributed by atoms with Crippen LogP contribution < -0.4 is 9.64 Å². The number of ketones is 1. The van der Waals surface area contributed by atoms with Gasteiger partial charge < -0.3 is 14.9 Å². The fourth-order valence-electron chi connectivity index (χ4n) is 4.26. The molecule has 2 N–H and O–H groups in total. The Bertz CT molecular complexity index is 1270. The van der Waals surface area contributed by atoms with Crippen LogP contribution in [-0.4, -0.2) is 29.0 Å². The molecular formula is C28H27NO5. The van der Waals surface area contributed by atoms with Crippen LogP contribution in [0.4, 0.5) is 5.69 Å². The average molecular weight is 458 g/mol. The zero-order valence-corrected chi connectivity index (χ0v) is 19.6. The standard InChI is InChI=1S/C28H27NO5/c1-16(2)18-5-9-20(10-6-18)29-25(19-7-11-21(30)12-8-19)24(27(32)28(29)33)26(31)23-14-13-22(34-4)15-17(23)3/h5-16,25,30-31H,1-4H3/b26-24-. The van der Waals surface area contributed by atoms with E-state index < -0.39 is 17.7 Å². The molecule has 1 aliphatic heterocycles. The molecule has 0 spiro atoms. The second-order valence-electron chi connectivity index (χ2n) is 8.69. The smallest absolute Gasteiger partial charge is 0.300 e. The predicted octanol–water partition coefficient (Wildman–Crippen LogP) is 5.46. The Morgan fingerprint density at radius 2 is 1.62 bits per heavy atom. The Morgan fingerprint density at radius 3 is 2.18 bits per heavy atom.